The summed E-state index contributed by atoms with van der Waals surface area (Å²) in [6.45, 7) is 0. The Morgan fingerprint density at radius 3 is 2.44 bits per heavy atom. The fraction of sp³-hybridized carbons (Fsp3) is 0.211. The summed E-state index contributed by atoms with van der Waals surface area (Å²) < 4.78 is 5.81. The molecule has 2 aromatic rings. The van der Waals surface area contributed by atoms with E-state index in [0.717, 1.165) is 10.5 Å². The molecule has 0 spiro atoms. The van der Waals surface area contributed by atoms with Crippen molar-refractivity contribution in [3.63, 3.8) is 0 Å². The molecule has 2 bridgehead atoms. The van der Waals surface area contributed by atoms with Crippen LogP contribution < -0.4 is 0 Å². The molecule has 1 fully saturated rings. The maximum atomic E-state index is 12.9. The SMILES string of the molecule is N#C[C@H]1C[C@]2(c3ccccc3)OC(=O)[C@@]1(Sc1ccccc1)N=C2Cl. The third-order valence-electron chi connectivity index (χ3n) is 4.53. The summed E-state index contributed by atoms with van der Waals surface area (Å²) in [7, 11) is 0. The van der Waals surface area contributed by atoms with Crippen molar-refractivity contribution >= 4 is 34.5 Å². The molecule has 4 nitrogen and oxygen atoms in total. The van der Waals surface area contributed by atoms with E-state index in [1.54, 1.807) is 0 Å². The molecule has 124 valence electrons. The van der Waals surface area contributed by atoms with Crippen LogP contribution in [0.25, 0.3) is 0 Å². The number of rotatable bonds is 3. The predicted molar refractivity (Wildman–Crippen MR) is 96.3 cm³/mol. The van der Waals surface area contributed by atoms with Gasteiger partial charge in [-0.05, 0) is 12.1 Å². The van der Waals surface area contributed by atoms with E-state index in [0.29, 0.717) is 6.42 Å². The monoisotopic (exact) mass is 368 g/mol. The molecule has 0 saturated carbocycles. The minimum atomic E-state index is -1.36. The van der Waals surface area contributed by atoms with E-state index in [-0.39, 0.29) is 5.17 Å². The molecule has 25 heavy (non-hydrogen) atoms. The molecule has 0 radical (unpaired) electrons. The summed E-state index contributed by atoms with van der Waals surface area (Å²) in [6.07, 6.45) is 0.293. The average Bonchev–Trinajstić information content (AvgIpc) is 2.64. The highest BCUT2D eigenvalue weighted by molar-refractivity contribution is 8.01. The van der Waals surface area contributed by atoms with Gasteiger partial charge in [0.15, 0.2) is 10.8 Å². The topological polar surface area (TPSA) is 62.4 Å². The molecular formula is C19H13ClN2O2S. The second-order valence-electron chi connectivity index (χ2n) is 5.98. The van der Waals surface area contributed by atoms with Crippen molar-refractivity contribution in [1.29, 1.82) is 5.26 Å². The summed E-state index contributed by atoms with van der Waals surface area (Å²) in [4.78, 5) is 16.9. The average molecular weight is 369 g/mol. The van der Waals surface area contributed by atoms with Crippen LogP contribution in [0.1, 0.15) is 12.0 Å². The Kier molecular flexibility index (Phi) is 3.82. The third kappa shape index (κ3) is 2.37. The number of aliphatic imine (C=N–C) groups is 1. The lowest BCUT2D eigenvalue weighted by Crippen LogP contribution is -2.61. The van der Waals surface area contributed by atoms with Crippen LogP contribution in [0, 0.1) is 17.2 Å². The number of nitriles is 1. The normalized spacial score (nSPS) is 30.3. The van der Waals surface area contributed by atoms with Gasteiger partial charge in [-0.25, -0.2) is 9.79 Å². The molecule has 0 aromatic heterocycles. The third-order valence-corrected chi connectivity index (χ3v) is 6.28. The number of benzene rings is 2. The first-order valence-electron chi connectivity index (χ1n) is 7.79. The van der Waals surface area contributed by atoms with Crippen molar-refractivity contribution in [3.05, 3.63) is 66.2 Å². The maximum absolute atomic E-state index is 12.9. The van der Waals surface area contributed by atoms with Crippen LogP contribution in [0.4, 0.5) is 0 Å². The van der Waals surface area contributed by atoms with Crippen LogP contribution in [-0.4, -0.2) is 16.0 Å². The van der Waals surface area contributed by atoms with Gasteiger partial charge in [-0.3, -0.25) is 0 Å². The van der Waals surface area contributed by atoms with Crippen LogP contribution in [-0.2, 0) is 15.1 Å². The molecule has 2 aromatic carbocycles. The second-order valence-corrected chi connectivity index (χ2v) is 7.64. The number of nitrogens with zero attached hydrogens (tertiary/aromatic N) is 2. The van der Waals surface area contributed by atoms with Crippen molar-refractivity contribution in [2.45, 2.75) is 21.8 Å². The summed E-state index contributed by atoms with van der Waals surface area (Å²) >= 11 is 7.72. The molecule has 3 heterocycles. The van der Waals surface area contributed by atoms with Gasteiger partial charge in [-0.15, -0.1) is 0 Å². The van der Waals surface area contributed by atoms with Crippen molar-refractivity contribution in [3.8, 4) is 6.07 Å². The van der Waals surface area contributed by atoms with Gasteiger partial charge < -0.3 is 4.74 Å². The second kappa shape index (κ2) is 5.91. The van der Waals surface area contributed by atoms with Crippen molar-refractivity contribution < 1.29 is 9.53 Å². The fourth-order valence-electron chi connectivity index (χ4n) is 3.27. The molecule has 5 rings (SSSR count). The number of fused-ring (bicyclic) bond motifs is 2. The Labute approximate surface area is 154 Å². The number of halogens is 1. The molecule has 0 N–H and O–H groups in total. The first kappa shape index (κ1) is 16.2. The quantitative estimate of drug-likeness (QED) is 0.765. The molecular weight excluding hydrogens is 356 g/mol. The minimum Gasteiger partial charge on any atom is -0.444 e. The number of hydrogen-bond donors (Lipinski definition) is 0. The number of esters is 1. The van der Waals surface area contributed by atoms with Gasteiger partial charge in [0.25, 0.3) is 0 Å². The minimum absolute atomic E-state index is 0.216. The summed E-state index contributed by atoms with van der Waals surface area (Å²) in [5.41, 5.74) is -0.436. The number of hydrogen-bond acceptors (Lipinski definition) is 5. The highest BCUT2D eigenvalue weighted by atomic mass is 35.5. The van der Waals surface area contributed by atoms with Crippen LogP contribution in [0.5, 0.6) is 0 Å². The Hall–Kier alpha value is -2.29. The first-order chi connectivity index (χ1) is 12.1. The number of carbonyl (C=O) groups excluding carboxylic acids is 1. The van der Waals surface area contributed by atoms with Gasteiger partial charge in [0, 0.05) is 16.9 Å². The molecule has 3 atom stereocenters. The molecule has 3 aliphatic rings. The summed E-state index contributed by atoms with van der Waals surface area (Å²) in [5.74, 6) is -1.16. The van der Waals surface area contributed by atoms with E-state index >= 15 is 0 Å². The Bertz CT molecular complexity index is 897. The van der Waals surface area contributed by atoms with Gasteiger partial charge in [0.1, 0.15) is 0 Å². The highest BCUT2D eigenvalue weighted by Crippen LogP contribution is 2.56. The molecule has 0 aliphatic carbocycles. The smallest absolute Gasteiger partial charge is 0.347 e. The zero-order valence-electron chi connectivity index (χ0n) is 13.1. The van der Waals surface area contributed by atoms with Gasteiger partial charge in [-0.2, -0.15) is 5.26 Å². The standard InChI is InChI=1S/C19H13ClN2O2S/c20-16-18(13-7-3-1-4-8-13)11-14(12-21)19(22-16,17(23)24-18)25-15-9-5-2-6-10-15/h1-10,14H,11H2/t14-,18-,19-/m1/s1. The van der Waals surface area contributed by atoms with Crippen LogP contribution in [0.3, 0.4) is 0 Å². The molecule has 6 heteroatoms. The van der Waals surface area contributed by atoms with E-state index in [4.69, 9.17) is 16.3 Å². The largest absolute Gasteiger partial charge is 0.444 e. The molecule has 0 amide bonds. The van der Waals surface area contributed by atoms with Crippen LogP contribution in [0.15, 0.2) is 70.6 Å². The Balaban J connectivity index is 1.84. The van der Waals surface area contributed by atoms with E-state index in [1.165, 1.54) is 11.8 Å². The van der Waals surface area contributed by atoms with Crippen LogP contribution >= 0.6 is 23.4 Å². The molecule has 3 aliphatic heterocycles. The van der Waals surface area contributed by atoms with Crippen molar-refractivity contribution in [2.75, 3.05) is 0 Å². The summed E-state index contributed by atoms with van der Waals surface area (Å²) in [5, 5.41) is 9.95. The lowest BCUT2D eigenvalue weighted by molar-refractivity contribution is -0.169. The van der Waals surface area contributed by atoms with Gasteiger partial charge in [0.2, 0.25) is 4.87 Å². The van der Waals surface area contributed by atoms with E-state index < -0.39 is 22.4 Å². The Morgan fingerprint density at radius 1 is 1.16 bits per heavy atom. The fourth-order valence-corrected chi connectivity index (χ4v) is 4.87. The number of thioether (sulfide) groups is 1. The maximum Gasteiger partial charge on any atom is 0.347 e. The van der Waals surface area contributed by atoms with E-state index in [1.807, 2.05) is 60.7 Å². The highest BCUT2D eigenvalue weighted by Gasteiger charge is 2.65. The molecule has 1 saturated heterocycles. The summed E-state index contributed by atoms with van der Waals surface area (Å²) in [6, 6.07) is 20.9. The van der Waals surface area contributed by atoms with Gasteiger partial charge in [-0.1, -0.05) is 71.9 Å². The van der Waals surface area contributed by atoms with E-state index in [9.17, 15) is 10.1 Å². The van der Waals surface area contributed by atoms with Crippen LogP contribution in [0.2, 0.25) is 0 Å². The number of ether oxygens (including phenoxy) is 1. The van der Waals surface area contributed by atoms with Gasteiger partial charge in [0.05, 0.1) is 12.0 Å². The van der Waals surface area contributed by atoms with E-state index in [2.05, 4.69) is 11.1 Å². The zero-order valence-corrected chi connectivity index (χ0v) is 14.6. The van der Waals surface area contributed by atoms with Crippen molar-refractivity contribution in [2.24, 2.45) is 10.9 Å². The van der Waals surface area contributed by atoms with Gasteiger partial charge >= 0.3 is 5.97 Å². The number of carbonyl (C=O) groups is 1. The van der Waals surface area contributed by atoms with Crippen molar-refractivity contribution in [1.82, 2.24) is 0 Å². The first-order valence-corrected chi connectivity index (χ1v) is 8.99. The molecule has 0 unspecified atom stereocenters. The predicted octanol–water partition coefficient (Wildman–Crippen LogP) is 4.11. The lowest BCUT2D eigenvalue weighted by Gasteiger charge is -2.49. The zero-order chi connectivity index (χ0) is 17.5. The lowest BCUT2D eigenvalue weighted by atomic mass is 9.77. The Morgan fingerprint density at radius 2 is 1.80 bits per heavy atom.